The molecule has 2 aromatic carbocycles. The van der Waals surface area contributed by atoms with Crippen molar-refractivity contribution in [2.24, 2.45) is 0 Å². The summed E-state index contributed by atoms with van der Waals surface area (Å²) >= 11 is 0. The van der Waals surface area contributed by atoms with Crippen molar-refractivity contribution in [3.63, 3.8) is 0 Å². The number of aromatic nitrogens is 1. The molecule has 6 rings (SSSR count). The maximum Gasteiger partial charge on any atom is 0.255 e. The number of benzene rings is 2. The van der Waals surface area contributed by atoms with Gasteiger partial charge in [0.1, 0.15) is 6.54 Å². The Hall–Kier alpha value is -3.08. The van der Waals surface area contributed by atoms with E-state index in [-0.39, 0.29) is 30.3 Å². The van der Waals surface area contributed by atoms with Gasteiger partial charge in [0.25, 0.3) is 5.91 Å². The Kier molecular flexibility index (Phi) is 3.53. The number of H-pyrrole nitrogens is 1. The van der Waals surface area contributed by atoms with Gasteiger partial charge in [0.05, 0.1) is 5.69 Å². The van der Waals surface area contributed by atoms with E-state index in [9.17, 15) is 9.59 Å². The van der Waals surface area contributed by atoms with Crippen LogP contribution in [0.2, 0.25) is 0 Å². The second-order valence-corrected chi connectivity index (χ2v) is 9.16. The normalized spacial score (nSPS) is 26.1. The van der Waals surface area contributed by atoms with Gasteiger partial charge >= 0.3 is 0 Å². The number of nitrogens with one attached hydrogen (secondary N) is 1. The van der Waals surface area contributed by atoms with E-state index in [2.05, 4.69) is 48.3 Å². The van der Waals surface area contributed by atoms with Crippen LogP contribution in [-0.2, 0) is 15.1 Å². The summed E-state index contributed by atoms with van der Waals surface area (Å²) in [6.07, 6.45) is 2.00. The first-order chi connectivity index (χ1) is 14.5. The Morgan fingerprint density at radius 1 is 1.03 bits per heavy atom. The highest BCUT2D eigenvalue weighted by Gasteiger charge is 2.58. The third-order valence-corrected chi connectivity index (χ3v) is 7.24. The standard InChI is InChI=1S/C25H25N3O2/c1-15-7-9-16(10-8-15)19-13-28-21(29)14-27(17-11-12-17)24(30)25(28,2)23-22(19)18-5-3-4-6-20(18)26-23/h3-10,17,19,26H,11-14H2,1-2H3. The summed E-state index contributed by atoms with van der Waals surface area (Å²) in [6, 6.07) is 17.0. The number of hydrogen-bond acceptors (Lipinski definition) is 2. The lowest BCUT2D eigenvalue weighted by Crippen LogP contribution is -2.67. The molecule has 0 spiro atoms. The van der Waals surface area contributed by atoms with Crippen LogP contribution in [-0.4, -0.2) is 45.7 Å². The summed E-state index contributed by atoms with van der Waals surface area (Å²) in [7, 11) is 0. The molecule has 5 heteroatoms. The molecule has 1 N–H and O–H groups in total. The van der Waals surface area contributed by atoms with Crippen LogP contribution in [0.15, 0.2) is 48.5 Å². The van der Waals surface area contributed by atoms with Gasteiger partial charge in [-0.2, -0.15) is 0 Å². The third kappa shape index (κ3) is 2.29. The quantitative estimate of drug-likeness (QED) is 0.715. The molecule has 2 unspecified atom stereocenters. The van der Waals surface area contributed by atoms with Crippen molar-refractivity contribution in [3.8, 4) is 0 Å². The Morgan fingerprint density at radius 3 is 2.50 bits per heavy atom. The zero-order valence-corrected chi connectivity index (χ0v) is 17.3. The number of aromatic amines is 1. The van der Waals surface area contributed by atoms with Gasteiger partial charge in [-0.3, -0.25) is 9.59 Å². The Bertz CT molecular complexity index is 1190. The molecular formula is C25H25N3O2. The molecule has 1 aromatic heterocycles. The number of carbonyl (C=O) groups is 2. The molecule has 3 aliphatic rings. The van der Waals surface area contributed by atoms with Crippen LogP contribution in [0.3, 0.4) is 0 Å². The lowest BCUT2D eigenvalue weighted by molar-refractivity contribution is -0.166. The maximum absolute atomic E-state index is 13.7. The predicted molar refractivity (Wildman–Crippen MR) is 115 cm³/mol. The first-order valence-electron chi connectivity index (χ1n) is 10.8. The van der Waals surface area contributed by atoms with Crippen molar-refractivity contribution in [2.75, 3.05) is 13.1 Å². The van der Waals surface area contributed by atoms with Crippen LogP contribution < -0.4 is 0 Å². The van der Waals surface area contributed by atoms with E-state index in [4.69, 9.17) is 0 Å². The van der Waals surface area contributed by atoms with Crippen molar-refractivity contribution in [3.05, 3.63) is 70.9 Å². The Balaban J connectivity index is 1.60. The minimum absolute atomic E-state index is 0.0362. The fourth-order valence-corrected chi connectivity index (χ4v) is 5.41. The number of hydrogen-bond donors (Lipinski definition) is 1. The molecular weight excluding hydrogens is 374 g/mol. The summed E-state index contributed by atoms with van der Waals surface area (Å²) in [5.41, 5.74) is 4.47. The lowest BCUT2D eigenvalue weighted by Gasteiger charge is -2.51. The third-order valence-electron chi connectivity index (χ3n) is 7.24. The van der Waals surface area contributed by atoms with Gasteiger partial charge in [0, 0.05) is 29.4 Å². The Labute approximate surface area is 175 Å². The van der Waals surface area contributed by atoms with E-state index in [1.807, 2.05) is 28.9 Å². The predicted octanol–water partition coefficient (Wildman–Crippen LogP) is 3.67. The van der Waals surface area contributed by atoms with E-state index in [1.54, 1.807) is 0 Å². The molecule has 30 heavy (non-hydrogen) atoms. The number of fused-ring (bicyclic) bond motifs is 5. The largest absolute Gasteiger partial charge is 0.356 e. The van der Waals surface area contributed by atoms with E-state index >= 15 is 0 Å². The number of amides is 2. The Morgan fingerprint density at radius 2 is 1.77 bits per heavy atom. The van der Waals surface area contributed by atoms with Crippen LogP contribution in [0.4, 0.5) is 0 Å². The average molecular weight is 399 g/mol. The second kappa shape index (κ2) is 5.97. The maximum atomic E-state index is 13.7. The van der Waals surface area contributed by atoms with E-state index in [1.165, 1.54) is 11.1 Å². The molecule has 1 aliphatic carbocycles. The van der Waals surface area contributed by atoms with Crippen LogP contribution in [0.25, 0.3) is 10.9 Å². The topological polar surface area (TPSA) is 56.4 Å². The molecule has 0 radical (unpaired) electrons. The molecule has 5 nitrogen and oxygen atoms in total. The lowest BCUT2D eigenvalue weighted by atomic mass is 9.76. The fourth-order valence-electron chi connectivity index (χ4n) is 5.41. The molecule has 2 atom stereocenters. The number of nitrogens with zero attached hydrogens (tertiary/aromatic N) is 2. The van der Waals surface area contributed by atoms with Crippen molar-refractivity contribution in [2.45, 2.75) is 44.2 Å². The second-order valence-electron chi connectivity index (χ2n) is 9.16. The zero-order valence-electron chi connectivity index (χ0n) is 17.3. The van der Waals surface area contributed by atoms with Gasteiger partial charge < -0.3 is 14.8 Å². The number of aryl methyl sites for hydroxylation is 1. The van der Waals surface area contributed by atoms with E-state index < -0.39 is 5.54 Å². The van der Waals surface area contributed by atoms with Gasteiger partial charge in [-0.05, 0) is 43.9 Å². The number of piperazine rings is 1. The average Bonchev–Trinajstić information content (AvgIpc) is 3.51. The molecule has 152 valence electrons. The molecule has 3 heterocycles. The van der Waals surface area contributed by atoms with Gasteiger partial charge in [-0.25, -0.2) is 0 Å². The van der Waals surface area contributed by atoms with Crippen LogP contribution in [0.1, 0.15) is 48.1 Å². The fraction of sp³-hybridized carbons (Fsp3) is 0.360. The molecule has 2 amide bonds. The summed E-state index contributed by atoms with van der Waals surface area (Å²) in [6.45, 7) is 4.74. The molecule has 0 bridgehead atoms. The van der Waals surface area contributed by atoms with Gasteiger partial charge in [0.15, 0.2) is 5.54 Å². The number of para-hydroxylation sites is 1. The highest BCUT2D eigenvalue weighted by Crippen LogP contribution is 2.49. The highest BCUT2D eigenvalue weighted by molar-refractivity contribution is 6.01. The van der Waals surface area contributed by atoms with Crippen LogP contribution in [0.5, 0.6) is 0 Å². The van der Waals surface area contributed by atoms with Crippen LogP contribution in [0, 0.1) is 6.92 Å². The first kappa shape index (κ1) is 17.8. The van der Waals surface area contributed by atoms with Gasteiger partial charge in [-0.15, -0.1) is 0 Å². The summed E-state index contributed by atoms with van der Waals surface area (Å²) in [5, 5.41) is 1.14. The van der Waals surface area contributed by atoms with Crippen molar-refractivity contribution < 1.29 is 9.59 Å². The first-order valence-corrected chi connectivity index (χ1v) is 10.8. The van der Waals surface area contributed by atoms with Crippen LogP contribution >= 0.6 is 0 Å². The summed E-state index contributed by atoms with van der Waals surface area (Å²) in [4.78, 5) is 34.2. The monoisotopic (exact) mass is 399 g/mol. The summed E-state index contributed by atoms with van der Waals surface area (Å²) < 4.78 is 0. The molecule has 3 aromatic rings. The SMILES string of the molecule is Cc1ccc(C2CN3C(=O)CN(C4CC4)C(=O)C3(C)c3[nH]c4ccccc4c32)cc1. The minimum Gasteiger partial charge on any atom is -0.356 e. The molecule has 2 fully saturated rings. The van der Waals surface area contributed by atoms with Gasteiger partial charge in [-0.1, -0.05) is 48.0 Å². The minimum atomic E-state index is -0.979. The molecule has 2 aliphatic heterocycles. The smallest absolute Gasteiger partial charge is 0.255 e. The number of rotatable bonds is 2. The van der Waals surface area contributed by atoms with E-state index in [0.29, 0.717) is 6.54 Å². The van der Waals surface area contributed by atoms with E-state index in [0.717, 1.165) is 35.0 Å². The molecule has 1 saturated carbocycles. The van der Waals surface area contributed by atoms with Gasteiger partial charge in [0.2, 0.25) is 5.91 Å². The number of carbonyl (C=O) groups excluding carboxylic acids is 2. The van der Waals surface area contributed by atoms with Crippen molar-refractivity contribution in [1.82, 2.24) is 14.8 Å². The summed E-state index contributed by atoms with van der Waals surface area (Å²) in [5.74, 6) is 0.138. The van der Waals surface area contributed by atoms with Crippen molar-refractivity contribution in [1.29, 1.82) is 0 Å². The molecule has 1 saturated heterocycles. The zero-order chi connectivity index (χ0) is 20.6. The highest BCUT2D eigenvalue weighted by atomic mass is 16.2. The van der Waals surface area contributed by atoms with Crippen molar-refractivity contribution >= 4 is 22.7 Å².